The third kappa shape index (κ3) is 2.81. The monoisotopic (exact) mass is 292 g/mol. The lowest BCUT2D eigenvalue weighted by Gasteiger charge is -2.35. The van der Waals surface area contributed by atoms with Crippen LogP contribution in [0.15, 0.2) is 28.7 Å². The van der Waals surface area contributed by atoms with Crippen LogP contribution in [0.1, 0.15) is 18.7 Å². The normalized spacial score (nSPS) is 21.8. The van der Waals surface area contributed by atoms with Crippen molar-refractivity contribution in [2.75, 3.05) is 33.3 Å². The number of nitrogens with one attached hydrogen (secondary N) is 1. The van der Waals surface area contributed by atoms with Gasteiger partial charge in [-0.05, 0) is 25.7 Å². The molecule has 2 unspecified atom stereocenters. The van der Waals surface area contributed by atoms with E-state index >= 15 is 0 Å². The third-order valence-electron chi connectivity index (χ3n) is 4.13. The second-order valence-electron chi connectivity index (χ2n) is 5.38. The molecule has 2 heterocycles. The minimum absolute atomic E-state index is 0.00678. The summed E-state index contributed by atoms with van der Waals surface area (Å²) in [6.07, 6.45) is 0.00678. The minimum Gasteiger partial charge on any atom is -0.456 e. The Balaban J connectivity index is 1.89. The zero-order valence-electron chi connectivity index (χ0n) is 12.4. The van der Waals surface area contributed by atoms with Crippen molar-refractivity contribution < 1.29 is 13.5 Å². The maximum absolute atomic E-state index is 13.8. The van der Waals surface area contributed by atoms with Crippen LogP contribution in [-0.2, 0) is 4.74 Å². The van der Waals surface area contributed by atoms with Crippen LogP contribution in [0.5, 0.6) is 0 Å². The van der Waals surface area contributed by atoms with E-state index < -0.39 is 0 Å². The van der Waals surface area contributed by atoms with Crippen molar-refractivity contribution in [1.29, 1.82) is 0 Å². The van der Waals surface area contributed by atoms with E-state index in [9.17, 15) is 4.39 Å². The van der Waals surface area contributed by atoms with Crippen LogP contribution in [0.2, 0.25) is 0 Å². The molecule has 21 heavy (non-hydrogen) atoms. The number of hydrogen-bond donors (Lipinski definition) is 1. The SMILES string of the molecule is CCN1CCOC(C(NC)c2cc3cccc(F)c3o2)C1. The number of halogens is 1. The van der Waals surface area contributed by atoms with Gasteiger partial charge in [0.05, 0.1) is 18.8 Å². The first-order chi connectivity index (χ1) is 10.2. The van der Waals surface area contributed by atoms with Crippen LogP contribution in [-0.4, -0.2) is 44.3 Å². The van der Waals surface area contributed by atoms with Gasteiger partial charge in [-0.1, -0.05) is 19.1 Å². The number of para-hydroxylation sites is 1. The second kappa shape index (κ2) is 6.13. The molecule has 1 aliphatic rings. The van der Waals surface area contributed by atoms with Gasteiger partial charge >= 0.3 is 0 Å². The second-order valence-corrected chi connectivity index (χ2v) is 5.38. The topological polar surface area (TPSA) is 37.6 Å². The molecule has 5 heteroatoms. The van der Waals surface area contributed by atoms with E-state index in [-0.39, 0.29) is 18.0 Å². The molecule has 1 saturated heterocycles. The highest BCUT2D eigenvalue weighted by molar-refractivity contribution is 5.78. The molecule has 2 aromatic rings. The van der Waals surface area contributed by atoms with Gasteiger partial charge in [-0.15, -0.1) is 0 Å². The summed E-state index contributed by atoms with van der Waals surface area (Å²) in [5.41, 5.74) is 0.316. The fourth-order valence-corrected chi connectivity index (χ4v) is 2.93. The molecule has 0 bridgehead atoms. The Labute approximate surface area is 123 Å². The van der Waals surface area contributed by atoms with E-state index in [2.05, 4.69) is 17.1 Å². The van der Waals surface area contributed by atoms with Crippen molar-refractivity contribution >= 4 is 11.0 Å². The molecular weight excluding hydrogens is 271 g/mol. The van der Waals surface area contributed by atoms with Crippen LogP contribution < -0.4 is 5.32 Å². The third-order valence-corrected chi connectivity index (χ3v) is 4.13. The first-order valence-electron chi connectivity index (χ1n) is 7.42. The number of likely N-dealkylation sites (N-methyl/N-ethyl adjacent to an activating group) is 2. The van der Waals surface area contributed by atoms with Gasteiger partial charge in [-0.25, -0.2) is 4.39 Å². The lowest BCUT2D eigenvalue weighted by atomic mass is 10.1. The predicted octanol–water partition coefficient (Wildman–Crippen LogP) is 2.55. The van der Waals surface area contributed by atoms with Gasteiger partial charge in [0.15, 0.2) is 11.4 Å². The molecule has 0 spiro atoms. The number of rotatable bonds is 4. The van der Waals surface area contributed by atoms with Crippen LogP contribution in [0, 0.1) is 5.82 Å². The van der Waals surface area contributed by atoms with Gasteiger partial charge in [-0.2, -0.15) is 0 Å². The van der Waals surface area contributed by atoms with Crippen molar-refractivity contribution in [2.45, 2.75) is 19.1 Å². The zero-order chi connectivity index (χ0) is 14.8. The number of benzene rings is 1. The molecule has 1 fully saturated rings. The standard InChI is InChI=1S/C16H21FN2O2/c1-3-19-7-8-20-14(10-19)15(18-2)13-9-11-5-4-6-12(17)16(11)21-13/h4-6,9,14-15,18H,3,7-8,10H2,1-2H3. The summed E-state index contributed by atoms with van der Waals surface area (Å²) in [5, 5.41) is 4.03. The van der Waals surface area contributed by atoms with Crippen molar-refractivity contribution in [2.24, 2.45) is 0 Å². The van der Waals surface area contributed by atoms with E-state index in [1.54, 1.807) is 6.07 Å². The molecule has 1 N–H and O–H groups in total. The number of nitrogens with zero attached hydrogens (tertiary/aromatic N) is 1. The molecule has 2 atom stereocenters. The quantitative estimate of drug-likeness (QED) is 0.940. The molecular formula is C16H21FN2O2. The van der Waals surface area contributed by atoms with E-state index in [1.165, 1.54) is 6.07 Å². The summed E-state index contributed by atoms with van der Waals surface area (Å²) >= 11 is 0. The van der Waals surface area contributed by atoms with Gasteiger partial charge in [0, 0.05) is 18.5 Å². The number of morpholine rings is 1. The van der Waals surface area contributed by atoms with Crippen LogP contribution >= 0.6 is 0 Å². The van der Waals surface area contributed by atoms with Crippen molar-refractivity contribution in [3.05, 3.63) is 35.8 Å². The van der Waals surface area contributed by atoms with Gasteiger partial charge in [-0.3, -0.25) is 4.90 Å². The highest BCUT2D eigenvalue weighted by Crippen LogP contribution is 2.29. The molecule has 114 valence electrons. The van der Waals surface area contributed by atoms with Crippen LogP contribution in [0.4, 0.5) is 4.39 Å². The summed E-state index contributed by atoms with van der Waals surface area (Å²) in [6, 6.07) is 6.79. The predicted molar refractivity (Wildman–Crippen MR) is 79.8 cm³/mol. The lowest BCUT2D eigenvalue weighted by Crippen LogP contribution is -2.47. The number of fused-ring (bicyclic) bond motifs is 1. The first-order valence-corrected chi connectivity index (χ1v) is 7.42. The smallest absolute Gasteiger partial charge is 0.169 e. The van der Waals surface area contributed by atoms with Crippen LogP contribution in [0.25, 0.3) is 11.0 Å². The number of ether oxygens (including phenoxy) is 1. The number of hydrogen-bond acceptors (Lipinski definition) is 4. The average molecular weight is 292 g/mol. The van der Waals surface area contributed by atoms with Gasteiger partial charge in [0.25, 0.3) is 0 Å². The Bertz CT molecular complexity index is 613. The summed E-state index contributed by atoms with van der Waals surface area (Å²) < 4.78 is 25.4. The first kappa shape index (κ1) is 14.5. The molecule has 0 saturated carbocycles. The Morgan fingerprint density at radius 2 is 2.33 bits per heavy atom. The molecule has 1 aromatic heterocycles. The van der Waals surface area contributed by atoms with E-state index in [0.717, 1.165) is 30.8 Å². The molecule has 0 amide bonds. The molecule has 0 aliphatic carbocycles. The van der Waals surface area contributed by atoms with Gasteiger partial charge < -0.3 is 14.5 Å². The summed E-state index contributed by atoms with van der Waals surface area (Å²) in [5.74, 6) is 0.397. The average Bonchev–Trinajstić information content (AvgIpc) is 2.93. The minimum atomic E-state index is -0.326. The Morgan fingerprint density at radius 1 is 1.48 bits per heavy atom. The molecule has 3 rings (SSSR count). The summed E-state index contributed by atoms with van der Waals surface area (Å²) in [7, 11) is 1.88. The van der Waals surface area contributed by atoms with Crippen LogP contribution in [0.3, 0.4) is 0 Å². The van der Waals surface area contributed by atoms with E-state index in [1.807, 2.05) is 19.2 Å². The molecule has 1 aliphatic heterocycles. The highest BCUT2D eigenvalue weighted by Gasteiger charge is 2.30. The van der Waals surface area contributed by atoms with E-state index in [4.69, 9.17) is 9.15 Å². The van der Waals surface area contributed by atoms with Gasteiger partial charge in [0.2, 0.25) is 0 Å². The van der Waals surface area contributed by atoms with Gasteiger partial charge in [0.1, 0.15) is 5.76 Å². The fraction of sp³-hybridized carbons (Fsp3) is 0.500. The molecule has 0 radical (unpaired) electrons. The highest BCUT2D eigenvalue weighted by atomic mass is 19.1. The lowest BCUT2D eigenvalue weighted by molar-refractivity contribution is -0.0474. The number of furan rings is 1. The Morgan fingerprint density at radius 3 is 3.05 bits per heavy atom. The van der Waals surface area contributed by atoms with E-state index in [0.29, 0.717) is 12.2 Å². The molecule has 1 aromatic carbocycles. The molecule has 4 nitrogen and oxygen atoms in total. The fourth-order valence-electron chi connectivity index (χ4n) is 2.93. The Hall–Kier alpha value is -1.43. The Kier molecular flexibility index (Phi) is 4.24. The zero-order valence-corrected chi connectivity index (χ0v) is 12.4. The van der Waals surface area contributed by atoms with Crippen molar-refractivity contribution in [1.82, 2.24) is 10.2 Å². The largest absolute Gasteiger partial charge is 0.456 e. The summed E-state index contributed by atoms with van der Waals surface area (Å²) in [6.45, 7) is 5.67. The van der Waals surface area contributed by atoms with Crippen molar-refractivity contribution in [3.63, 3.8) is 0 Å². The summed E-state index contributed by atoms with van der Waals surface area (Å²) in [4.78, 5) is 2.35. The maximum Gasteiger partial charge on any atom is 0.169 e. The van der Waals surface area contributed by atoms with Crippen molar-refractivity contribution in [3.8, 4) is 0 Å². The maximum atomic E-state index is 13.8.